The Morgan fingerprint density at radius 3 is 2.62 bits per heavy atom. The van der Waals surface area contributed by atoms with Crippen LogP contribution in [0.3, 0.4) is 0 Å². The van der Waals surface area contributed by atoms with Gasteiger partial charge in [-0.05, 0) is 31.5 Å². The number of hydrogen-bond acceptors (Lipinski definition) is 6. The Hall–Kier alpha value is -1.15. The molecule has 0 radical (unpaired) electrons. The molecule has 4 N–H and O–H groups in total. The number of rotatable bonds is 4. The highest BCUT2D eigenvalue weighted by atomic mass is 35.5. The van der Waals surface area contributed by atoms with Crippen molar-refractivity contribution < 1.29 is 4.79 Å². The highest BCUT2D eigenvalue weighted by molar-refractivity contribution is 5.86. The number of nitrogens with two attached hydrogens (primary N) is 2. The number of carbonyl (C=O) groups is 1. The molecule has 2 heterocycles. The zero-order valence-corrected chi connectivity index (χ0v) is 13.7. The Labute approximate surface area is 141 Å². The van der Waals surface area contributed by atoms with Gasteiger partial charge in [0.2, 0.25) is 5.91 Å². The molecule has 1 amide bonds. The summed E-state index contributed by atoms with van der Waals surface area (Å²) in [7, 11) is 0. The Kier molecular flexibility index (Phi) is 11.1. The van der Waals surface area contributed by atoms with Crippen molar-refractivity contribution in [2.75, 3.05) is 6.54 Å². The van der Waals surface area contributed by atoms with Crippen LogP contribution in [-0.2, 0) is 11.3 Å². The van der Waals surface area contributed by atoms with Gasteiger partial charge in [-0.3, -0.25) is 9.69 Å². The molecule has 0 aromatic carbocycles. The Morgan fingerprint density at radius 1 is 1.38 bits per heavy atom. The third-order valence-corrected chi connectivity index (χ3v) is 3.00. The lowest BCUT2D eigenvalue weighted by Crippen LogP contribution is -2.39. The van der Waals surface area contributed by atoms with E-state index in [1.807, 2.05) is 11.0 Å². The minimum Gasteiger partial charge on any atom is -0.368 e. The number of amides is 1. The summed E-state index contributed by atoms with van der Waals surface area (Å²) in [6.07, 6.45) is 3.23. The summed E-state index contributed by atoms with van der Waals surface area (Å²) in [6, 6.07) is 3.45. The first-order valence-corrected chi connectivity index (χ1v) is 5.80. The second-order valence-corrected chi connectivity index (χ2v) is 4.26. The Bertz CT molecular complexity index is 456. The molecule has 1 aliphatic heterocycles. The lowest BCUT2D eigenvalue weighted by atomic mass is 10.2. The van der Waals surface area contributed by atoms with E-state index in [2.05, 4.69) is 15.3 Å². The van der Waals surface area contributed by atoms with Crippen LogP contribution in [0.1, 0.15) is 24.2 Å². The van der Waals surface area contributed by atoms with Crippen molar-refractivity contribution >= 4 is 49.3 Å². The largest absolute Gasteiger partial charge is 0.368 e. The minimum absolute atomic E-state index is 0. The minimum atomic E-state index is -0.271. The van der Waals surface area contributed by atoms with Crippen LogP contribution in [0, 0.1) is 0 Å². The fraction of sp³-hybridized carbons (Fsp3) is 0.455. The Morgan fingerprint density at radius 2 is 2.10 bits per heavy atom. The summed E-state index contributed by atoms with van der Waals surface area (Å²) in [4.78, 5) is 13.3. The quantitative estimate of drug-likeness (QED) is 0.463. The smallest absolute Gasteiger partial charge is 0.234 e. The van der Waals surface area contributed by atoms with E-state index in [1.54, 1.807) is 6.07 Å². The van der Waals surface area contributed by atoms with Gasteiger partial charge in [0.1, 0.15) is 5.69 Å². The molecule has 21 heavy (non-hydrogen) atoms. The first-order valence-electron chi connectivity index (χ1n) is 5.80. The van der Waals surface area contributed by atoms with Gasteiger partial charge in [-0.25, -0.2) is 0 Å². The third-order valence-electron chi connectivity index (χ3n) is 3.00. The van der Waals surface area contributed by atoms with Gasteiger partial charge in [-0.15, -0.1) is 42.3 Å². The second kappa shape index (κ2) is 10.6. The molecule has 0 aliphatic carbocycles. The van der Waals surface area contributed by atoms with E-state index in [9.17, 15) is 4.79 Å². The highest BCUT2D eigenvalue weighted by Gasteiger charge is 2.28. The number of primary amides is 1. The number of hydrazone groups is 1. The first kappa shape index (κ1) is 22.1. The maximum absolute atomic E-state index is 11.3. The second-order valence-electron chi connectivity index (χ2n) is 4.26. The molecule has 0 bridgehead atoms. The molecule has 1 saturated heterocycles. The molecule has 7 nitrogen and oxygen atoms in total. The van der Waals surface area contributed by atoms with Crippen LogP contribution >= 0.6 is 37.2 Å². The molecular weight excluding hydrogens is 339 g/mol. The molecule has 1 aliphatic rings. The predicted molar refractivity (Wildman–Crippen MR) is 88.2 cm³/mol. The summed E-state index contributed by atoms with van der Waals surface area (Å²) in [5.41, 5.74) is 6.77. The van der Waals surface area contributed by atoms with Crippen LogP contribution in [-0.4, -0.2) is 39.8 Å². The van der Waals surface area contributed by atoms with Crippen LogP contribution in [0.15, 0.2) is 17.2 Å². The fourth-order valence-electron chi connectivity index (χ4n) is 2.15. The maximum atomic E-state index is 11.3. The van der Waals surface area contributed by atoms with Gasteiger partial charge in [0.05, 0.1) is 18.0 Å². The van der Waals surface area contributed by atoms with Crippen molar-refractivity contribution in [3.05, 3.63) is 23.5 Å². The van der Waals surface area contributed by atoms with Gasteiger partial charge in [0.25, 0.3) is 0 Å². The van der Waals surface area contributed by atoms with Crippen LogP contribution in [0.5, 0.6) is 0 Å². The number of aromatic nitrogens is 2. The van der Waals surface area contributed by atoms with Crippen LogP contribution < -0.4 is 11.6 Å². The molecule has 0 saturated carbocycles. The molecule has 1 aromatic heterocycles. The molecule has 10 heteroatoms. The van der Waals surface area contributed by atoms with E-state index in [0.717, 1.165) is 25.1 Å². The molecular formula is C11H19Cl3N6O. The molecule has 0 unspecified atom stereocenters. The van der Waals surface area contributed by atoms with Gasteiger partial charge in [0, 0.05) is 6.54 Å². The van der Waals surface area contributed by atoms with Crippen molar-refractivity contribution in [2.24, 2.45) is 16.7 Å². The lowest BCUT2D eigenvalue weighted by molar-refractivity contribution is -0.122. The zero-order valence-electron chi connectivity index (χ0n) is 11.2. The van der Waals surface area contributed by atoms with Gasteiger partial charge in [-0.2, -0.15) is 10.2 Å². The van der Waals surface area contributed by atoms with Gasteiger partial charge >= 0.3 is 0 Å². The summed E-state index contributed by atoms with van der Waals surface area (Å²) in [5.74, 6) is 4.75. The van der Waals surface area contributed by atoms with Crippen LogP contribution in [0.2, 0.25) is 0 Å². The fourth-order valence-corrected chi connectivity index (χ4v) is 2.15. The van der Waals surface area contributed by atoms with E-state index in [0.29, 0.717) is 12.2 Å². The van der Waals surface area contributed by atoms with E-state index >= 15 is 0 Å². The van der Waals surface area contributed by atoms with Crippen molar-refractivity contribution in [1.29, 1.82) is 0 Å². The van der Waals surface area contributed by atoms with Crippen molar-refractivity contribution in [3.63, 3.8) is 0 Å². The monoisotopic (exact) mass is 356 g/mol. The number of nitrogens with zero attached hydrogens (tertiary/aromatic N) is 4. The highest BCUT2D eigenvalue weighted by Crippen LogP contribution is 2.18. The SMILES string of the molecule is Cl.Cl.Cl.NN=Cc1ccc(CN2CCC[C@H]2C(N)=O)nn1. The summed E-state index contributed by atoms with van der Waals surface area (Å²) < 4.78 is 0. The van der Waals surface area contributed by atoms with E-state index < -0.39 is 0 Å². The normalized spacial score (nSPS) is 17.6. The molecule has 0 spiro atoms. The van der Waals surface area contributed by atoms with Crippen molar-refractivity contribution in [2.45, 2.75) is 25.4 Å². The number of hydrogen-bond donors (Lipinski definition) is 2. The van der Waals surface area contributed by atoms with Crippen molar-refractivity contribution in [1.82, 2.24) is 15.1 Å². The van der Waals surface area contributed by atoms with Gasteiger partial charge in [-0.1, -0.05) is 0 Å². The Balaban J connectivity index is 0. The zero-order chi connectivity index (χ0) is 13.0. The molecule has 1 fully saturated rings. The summed E-state index contributed by atoms with van der Waals surface area (Å²) in [6.45, 7) is 1.45. The molecule has 120 valence electrons. The summed E-state index contributed by atoms with van der Waals surface area (Å²) in [5, 5.41) is 11.4. The van der Waals surface area contributed by atoms with E-state index in [-0.39, 0.29) is 49.2 Å². The average molecular weight is 358 g/mol. The van der Waals surface area contributed by atoms with Gasteiger partial charge in [0.15, 0.2) is 0 Å². The number of carbonyl (C=O) groups excluding carboxylic acids is 1. The summed E-state index contributed by atoms with van der Waals surface area (Å²) >= 11 is 0. The predicted octanol–water partition coefficient (Wildman–Crippen LogP) is 0.484. The molecule has 2 rings (SSSR count). The van der Waals surface area contributed by atoms with E-state index in [1.165, 1.54) is 6.21 Å². The third kappa shape index (κ3) is 6.01. The van der Waals surface area contributed by atoms with E-state index in [4.69, 9.17) is 11.6 Å². The van der Waals surface area contributed by atoms with Crippen LogP contribution in [0.4, 0.5) is 0 Å². The molecule has 1 aromatic rings. The maximum Gasteiger partial charge on any atom is 0.234 e. The first-order chi connectivity index (χ1) is 8.70. The topological polar surface area (TPSA) is 110 Å². The molecule has 1 atom stereocenters. The van der Waals surface area contributed by atoms with Crippen molar-refractivity contribution in [3.8, 4) is 0 Å². The van der Waals surface area contributed by atoms with Gasteiger partial charge < -0.3 is 11.6 Å². The lowest BCUT2D eigenvalue weighted by Gasteiger charge is -2.20. The number of halogens is 3. The standard InChI is InChI=1S/C11H16N6O.3ClH/c12-11(18)10-2-1-5-17(10)7-9-4-3-8(6-14-13)15-16-9;;;/h3-4,6,10H,1-2,5,7,13H2,(H2,12,18);3*1H/t10-;;;/m0.../s1. The number of likely N-dealkylation sites (tertiary alicyclic amines) is 1. The van der Waals surface area contributed by atoms with Crippen LogP contribution in [0.25, 0.3) is 0 Å². The average Bonchev–Trinajstić information content (AvgIpc) is 2.80.